The highest BCUT2D eigenvalue weighted by atomic mass is 32.2. The van der Waals surface area contributed by atoms with E-state index in [9.17, 15) is 16.8 Å². The Balaban J connectivity index is 1.94. The van der Waals surface area contributed by atoms with Crippen molar-refractivity contribution in [2.75, 3.05) is 25.7 Å². The molecule has 1 aromatic rings. The van der Waals surface area contributed by atoms with E-state index in [1.165, 1.54) is 6.08 Å². The first kappa shape index (κ1) is 23.3. The van der Waals surface area contributed by atoms with E-state index in [0.717, 1.165) is 12.5 Å². The van der Waals surface area contributed by atoms with Crippen molar-refractivity contribution >= 4 is 20.2 Å². The Morgan fingerprint density at radius 1 is 1.03 bits per heavy atom. The average molecular weight is 465 g/mol. The second kappa shape index (κ2) is 9.40. The summed E-state index contributed by atoms with van der Waals surface area (Å²) < 4.78 is 80.9. The van der Waals surface area contributed by atoms with E-state index in [-0.39, 0.29) is 13.2 Å². The zero-order valence-corrected chi connectivity index (χ0v) is 18.1. The quantitative estimate of drug-likeness (QED) is 0.401. The Hall–Kier alpha value is -1.38. The van der Waals surface area contributed by atoms with Crippen molar-refractivity contribution < 1.29 is 44.1 Å². The van der Waals surface area contributed by atoms with E-state index in [0.29, 0.717) is 5.56 Å². The van der Waals surface area contributed by atoms with Gasteiger partial charge >= 0.3 is 0 Å². The van der Waals surface area contributed by atoms with Crippen molar-refractivity contribution in [3.8, 4) is 0 Å². The highest BCUT2D eigenvalue weighted by molar-refractivity contribution is 7.86. The molecule has 0 amide bonds. The fourth-order valence-corrected chi connectivity index (χ4v) is 4.47. The minimum atomic E-state index is -4.02. The molecule has 30 heavy (non-hydrogen) atoms. The second-order valence-electron chi connectivity index (χ2n) is 6.87. The molecule has 2 heterocycles. The summed E-state index contributed by atoms with van der Waals surface area (Å²) in [5.74, 6) is 0. The van der Waals surface area contributed by atoms with Crippen molar-refractivity contribution in [3.05, 3.63) is 48.6 Å². The van der Waals surface area contributed by atoms with Crippen LogP contribution < -0.4 is 0 Å². The number of benzene rings is 1. The van der Waals surface area contributed by atoms with Gasteiger partial charge in [-0.05, 0) is 0 Å². The van der Waals surface area contributed by atoms with Crippen LogP contribution in [-0.4, -0.2) is 73.3 Å². The lowest BCUT2D eigenvalue weighted by Gasteiger charge is -2.47. The number of ether oxygens (including phenoxy) is 4. The molecule has 0 saturated carbocycles. The van der Waals surface area contributed by atoms with Gasteiger partial charge in [0, 0.05) is 5.56 Å². The standard InChI is InChI=1S/C18H24O10S2/c1-4-10-23-18-16(28-30(3,21)22)15(27-29(2,19)20)14-13(25-18)11-24-17(26-14)12-8-6-5-7-9-12/h4-9,13-18H,1,10-11H2,2-3H3/t13-,14+,15+,16-,17?,18-/m1/s1. The third kappa shape index (κ3) is 6.08. The van der Waals surface area contributed by atoms with Gasteiger partial charge in [-0.3, -0.25) is 8.37 Å². The maximum Gasteiger partial charge on any atom is 0.264 e. The number of rotatable bonds is 8. The van der Waals surface area contributed by atoms with Crippen LogP contribution >= 0.6 is 0 Å². The Bertz CT molecular complexity index is 931. The van der Waals surface area contributed by atoms with Gasteiger partial charge in [-0.2, -0.15) is 16.8 Å². The fraction of sp³-hybridized carbons (Fsp3) is 0.556. The highest BCUT2D eigenvalue weighted by Gasteiger charge is 2.54. The lowest BCUT2D eigenvalue weighted by Crippen LogP contribution is -2.64. The third-order valence-electron chi connectivity index (χ3n) is 4.31. The molecule has 12 heteroatoms. The van der Waals surface area contributed by atoms with Crippen LogP contribution in [0.4, 0.5) is 0 Å². The highest BCUT2D eigenvalue weighted by Crippen LogP contribution is 2.37. The van der Waals surface area contributed by atoms with Gasteiger partial charge in [0.05, 0.1) is 25.7 Å². The molecule has 2 aliphatic rings. The molecular weight excluding hydrogens is 440 g/mol. The summed E-state index contributed by atoms with van der Waals surface area (Å²) in [6.07, 6.45) is -3.57. The van der Waals surface area contributed by atoms with Crippen LogP contribution in [0.25, 0.3) is 0 Å². The van der Waals surface area contributed by atoms with E-state index in [1.54, 1.807) is 24.3 Å². The van der Waals surface area contributed by atoms with Crippen LogP contribution in [-0.2, 0) is 47.5 Å². The van der Waals surface area contributed by atoms with Gasteiger partial charge in [-0.15, -0.1) is 6.58 Å². The zero-order chi connectivity index (χ0) is 21.9. The molecule has 0 bridgehead atoms. The Morgan fingerprint density at radius 3 is 2.27 bits per heavy atom. The Kier molecular flexibility index (Phi) is 7.30. The first-order valence-corrected chi connectivity index (χ1v) is 12.7. The molecular formula is C18H24O10S2. The van der Waals surface area contributed by atoms with Crippen LogP contribution in [0.2, 0.25) is 0 Å². The zero-order valence-electron chi connectivity index (χ0n) is 16.4. The fourth-order valence-electron chi connectivity index (χ4n) is 3.24. The van der Waals surface area contributed by atoms with Crippen LogP contribution in [0.3, 0.4) is 0 Å². The monoisotopic (exact) mass is 464 g/mol. The molecule has 2 fully saturated rings. The molecule has 0 aliphatic carbocycles. The summed E-state index contributed by atoms with van der Waals surface area (Å²) in [5, 5.41) is 0. The molecule has 168 valence electrons. The number of hydrogen-bond donors (Lipinski definition) is 0. The van der Waals surface area contributed by atoms with Crippen LogP contribution in [0.5, 0.6) is 0 Å². The molecule has 0 aromatic heterocycles. The molecule has 1 aromatic carbocycles. The van der Waals surface area contributed by atoms with Gasteiger partial charge in [0.25, 0.3) is 20.2 Å². The maximum absolute atomic E-state index is 11.9. The van der Waals surface area contributed by atoms with Crippen molar-refractivity contribution in [3.63, 3.8) is 0 Å². The molecule has 2 aliphatic heterocycles. The van der Waals surface area contributed by atoms with Gasteiger partial charge in [0.1, 0.15) is 18.3 Å². The Morgan fingerprint density at radius 2 is 1.67 bits per heavy atom. The van der Waals surface area contributed by atoms with E-state index >= 15 is 0 Å². The van der Waals surface area contributed by atoms with Crippen LogP contribution in [0, 0.1) is 0 Å². The van der Waals surface area contributed by atoms with E-state index < -0.39 is 57.2 Å². The predicted octanol–water partition coefficient (Wildman–Crippen LogP) is 0.718. The Labute approximate surface area is 175 Å². The van der Waals surface area contributed by atoms with Crippen LogP contribution in [0.1, 0.15) is 11.9 Å². The van der Waals surface area contributed by atoms with Crippen molar-refractivity contribution in [1.29, 1.82) is 0 Å². The lowest BCUT2D eigenvalue weighted by atomic mass is 9.98. The SMILES string of the molecule is C=CCO[C@@H]1O[C@@H]2COC(c3ccccc3)O[C@@H]2[C@H](OS(C)(=O)=O)[C@H]1OS(C)(=O)=O. The molecule has 0 spiro atoms. The van der Waals surface area contributed by atoms with Crippen molar-refractivity contribution in [2.24, 2.45) is 0 Å². The van der Waals surface area contributed by atoms with Crippen molar-refractivity contribution in [2.45, 2.75) is 37.0 Å². The molecule has 3 rings (SSSR count). The lowest BCUT2D eigenvalue weighted by molar-refractivity contribution is -0.353. The summed E-state index contributed by atoms with van der Waals surface area (Å²) in [6, 6.07) is 8.98. The summed E-state index contributed by atoms with van der Waals surface area (Å²) in [5.41, 5.74) is 0.694. The third-order valence-corrected chi connectivity index (χ3v) is 5.45. The predicted molar refractivity (Wildman–Crippen MR) is 104 cm³/mol. The smallest absolute Gasteiger partial charge is 0.264 e. The largest absolute Gasteiger partial charge is 0.346 e. The molecule has 1 unspecified atom stereocenters. The molecule has 0 N–H and O–H groups in total. The summed E-state index contributed by atoms with van der Waals surface area (Å²) in [7, 11) is -8.04. The first-order valence-electron chi connectivity index (χ1n) is 9.04. The van der Waals surface area contributed by atoms with Gasteiger partial charge in [0.15, 0.2) is 18.7 Å². The number of hydrogen-bond acceptors (Lipinski definition) is 10. The number of fused-ring (bicyclic) bond motifs is 1. The summed E-state index contributed by atoms with van der Waals surface area (Å²) in [6.45, 7) is 3.57. The van der Waals surface area contributed by atoms with Crippen LogP contribution in [0.15, 0.2) is 43.0 Å². The maximum atomic E-state index is 11.9. The summed E-state index contributed by atoms with van der Waals surface area (Å²) in [4.78, 5) is 0. The van der Waals surface area contributed by atoms with Crippen molar-refractivity contribution in [1.82, 2.24) is 0 Å². The average Bonchev–Trinajstić information content (AvgIpc) is 2.67. The van der Waals surface area contributed by atoms with E-state index in [1.807, 2.05) is 6.07 Å². The second-order valence-corrected chi connectivity index (χ2v) is 10.1. The minimum absolute atomic E-state index is 0.00558. The first-order chi connectivity index (χ1) is 14.1. The van der Waals surface area contributed by atoms with Gasteiger partial charge < -0.3 is 18.9 Å². The minimum Gasteiger partial charge on any atom is -0.346 e. The van der Waals surface area contributed by atoms with E-state index in [4.69, 9.17) is 27.3 Å². The van der Waals surface area contributed by atoms with Gasteiger partial charge in [0.2, 0.25) is 0 Å². The topological polar surface area (TPSA) is 124 Å². The molecule has 10 nitrogen and oxygen atoms in total. The molecule has 6 atom stereocenters. The molecule has 0 radical (unpaired) electrons. The normalized spacial score (nSPS) is 32.3. The van der Waals surface area contributed by atoms with E-state index in [2.05, 4.69) is 6.58 Å². The van der Waals surface area contributed by atoms with Gasteiger partial charge in [-0.25, -0.2) is 0 Å². The van der Waals surface area contributed by atoms with Gasteiger partial charge in [-0.1, -0.05) is 36.4 Å². The molecule has 2 saturated heterocycles. The summed E-state index contributed by atoms with van der Waals surface area (Å²) >= 11 is 0.